The van der Waals surface area contributed by atoms with Crippen molar-refractivity contribution in [2.45, 2.75) is 13.8 Å². The molecule has 0 radical (unpaired) electrons. The Morgan fingerprint density at radius 3 is 2.26 bits per heavy atom. The van der Waals surface area contributed by atoms with Crippen molar-refractivity contribution in [3.8, 4) is 0 Å². The van der Waals surface area contributed by atoms with Crippen LogP contribution in [0.25, 0.3) is 0 Å². The molecule has 23 heavy (non-hydrogen) atoms. The highest BCUT2D eigenvalue weighted by molar-refractivity contribution is 6.30. The van der Waals surface area contributed by atoms with Crippen LogP contribution in [0.4, 0.5) is 17.7 Å². The van der Waals surface area contributed by atoms with Gasteiger partial charge in [0.1, 0.15) is 5.82 Å². The van der Waals surface area contributed by atoms with Gasteiger partial charge < -0.3 is 15.1 Å². The Labute approximate surface area is 140 Å². The summed E-state index contributed by atoms with van der Waals surface area (Å²) < 4.78 is 0. The van der Waals surface area contributed by atoms with Crippen LogP contribution in [0.2, 0.25) is 5.02 Å². The number of aryl methyl sites for hydroxylation is 1. The van der Waals surface area contributed by atoms with Gasteiger partial charge in [0.2, 0.25) is 11.9 Å². The van der Waals surface area contributed by atoms with Crippen molar-refractivity contribution in [2.75, 3.05) is 47.8 Å². The molecule has 7 nitrogen and oxygen atoms in total. The fourth-order valence-corrected chi connectivity index (χ4v) is 2.64. The number of hydrogen-bond acceptors (Lipinski definition) is 7. The zero-order valence-electron chi connectivity index (χ0n) is 13.3. The highest BCUT2D eigenvalue weighted by Crippen LogP contribution is 2.18. The van der Waals surface area contributed by atoms with Gasteiger partial charge in [-0.1, -0.05) is 11.6 Å². The molecule has 1 fully saturated rings. The van der Waals surface area contributed by atoms with E-state index in [1.165, 1.54) is 0 Å². The second kappa shape index (κ2) is 6.95. The highest BCUT2D eigenvalue weighted by atomic mass is 35.5. The number of piperazine rings is 1. The molecule has 0 bridgehead atoms. The lowest BCUT2D eigenvalue weighted by molar-refractivity contribution is 0.627. The third-order valence-electron chi connectivity index (χ3n) is 3.65. The Morgan fingerprint density at radius 2 is 1.65 bits per heavy atom. The van der Waals surface area contributed by atoms with Gasteiger partial charge in [0.25, 0.3) is 0 Å². The summed E-state index contributed by atoms with van der Waals surface area (Å²) >= 11 is 5.83. The van der Waals surface area contributed by atoms with E-state index in [9.17, 15) is 0 Å². The van der Waals surface area contributed by atoms with Crippen LogP contribution in [0.1, 0.15) is 12.6 Å². The van der Waals surface area contributed by atoms with Gasteiger partial charge in [-0.15, -0.1) is 0 Å². The Morgan fingerprint density at radius 1 is 1.04 bits per heavy atom. The molecule has 2 aromatic rings. The summed E-state index contributed by atoms with van der Waals surface area (Å²) in [5, 5.41) is 3.80. The maximum absolute atomic E-state index is 5.83. The maximum atomic E-state index is 5.83. The number of nitrogens with zero attached hydrogens (tertiary/aromatic N) is 6. The lowest BCUT2D eigenvalue weighted by Gasteiger charge is -2.34. The van der Waals surface area contributed by atoms with Gasteiger partial charge >= 0.3 is 0 Å². The summed E-state index contributed by atoms with van der Waals surface area (Å²) in [7, 11) is 0. The van der Waals surface area contributed by atoms with E-state index in [4.69, 9.17) is 11.6 Å². The zero-order valence-corrected chi connectivity index (χ0v) is 14.1. The molecule has 0 saturated carbocycles. The molecule has 1 aliphatic heterocycles. The molecule has 122 valence electrons. The van der Waals surface area contributed by atoms with E-state index < -0.39 is 0 Å². The van der Waals surface area contributed by atoms with E-state index in [2.05, 4.69) is 42.0 Å². The van der Waals surface area contributed by atoms with Gasteiger partial charge in [0, 0.05) is 44.5 Å². The van der Waals surface area contributed by atoms with Crippen LogP contribution in [0.3, 0.4) is 0 Å². The predicted molar refractivity (Wildman–Crippen MR) is 92.4 cm³/mol. The summed E-state index contributed by atoms with van der Waals surface area (Å²) in [6.45, 7) is 8.22. The van der Waals surface area contributed by atoms with Crippen LogP contribution >= 0.6 is 11.6 Å². The van der Waals surface area contributed by atoms with Crippen LogP contribution < -0.4 is 15.1 Å². The van der Waals surface area contributed by atoms with Crippen molar-refractivity contribution < 1.29 is 0 Å². The van der Waals surface area contributed by atoms with Crippen molar-refractivity contribution >= 4 is 29.3 Å². The molecule has 1 aliphatic rings. The number of anilines is 3. The molecule has 0 spiro atoms. The normalized spacial score (nSPS) is 14.9. The second-order valence-electron chi connectivity index (χ2n) is 5.40. The number of nitrogens with one attached hydrogen (secondary N) is 1. The standard InChI is InChI=1S/C15H20ClN7/c1-3-17-13-8-11(2)20-15(21-13)23-6-4-22(5-7-23)14-18-9-12(16)10-19-14/h8-10H,3-7H2,1-2H3,(H,17,20,21). The van der Waals surface area contributed by atoms with Gasteiger partial charge in [-0.05, 0) is 13.8 Å². The summed E-state index contributed by atoms with van der Waals surface area (Å²) in [6.07, 6.45) is 3.26. The molecule has 0 aromatic carbocycles. The van der Waals surface area contributed by atoms with E-state index in [1.807, 2.05) is 13.0 Å². The molecular weight excluding hydrogens is 314 g/mol. The van der Waals surface area contributed by atoms with Crippen LogP contribution in [0.5, 0.6) is 0 Å². The fourth-order valence-electron chi connectivity index (χ4n) is 2.54. The first-order valence-corrected chi connectivity index (χ1v) is 8.10. The fraction of sp³-hybridized carbons (Fsp3) is 0.467. The van der Waals surface area contributed by atoms with Gasteiger partial charge in [0.05, 0.1) is 17.4 Å². The first-order chi connectivity index (χ1) is 11.2. The minimum absolute atomic E-state index is 0.552. The molecule has 2 aromatic heterocycles. The second-order valence-corrected chi connectivity index (χ2v) is 5.84. The summed E-state index contributed by atoms with van der Waals surface area (Å²) in [5.41, 5.74) is 0.967. The molecular formula is C15H20ClN7. The van der Waals surface area contributed by atoms with E-state index in [-0.39, 0.29) is 0 Å². The van der Waals surface area contributed by atoms with E-state index >= 15 is 0 Å². The lowest BCUT2D eigenvalue weighted by Crippen LogP contribution is -2.47. The van der Waals surface area contributed by atoms with Gasteiger partial charge in [-0.3, -0.25) is 0 Å². The van der Waals surface area contributed by atoms with Gasteiger partial charge in [0.15, 0.2) is 0 Å². The molecule has 0 atom stereocenters. The molecule has 1 N–H and O–H groups in total. The summed E-state index contributed by atoms with van der Waals surface area (Å²) in [4.78, 5) is 22.0. The molecule has 3 rings (SSSR count). The van der Waals surface area contributed by atoms with Crippen LogP contribution in [-0.2, 0) is 0 Å². The van der Waals surface area contributed by atoms with Crippen LogP contribution in [-0.4, -0.2) is 52.7 Å². The lowest BCUT2D eigenvalue weighted by atomic mass is 10.3. The Kier molecular flexibility index (Phi) is 4.76. The molecule has 0 aliphatic carbocycles. The Hall–Kier alpha value is -2.15. The third kappa shape index (κ3) is 3.79. The van der Waals surface area contributed by atoms with Crippen molar-refractivity contribution in [1.29, 1.82) is 0 Å². The largest absolute Gasteiger partial charge is 0.370 e. The minimum atomic E-state index is 0.552. The maximum Gasteiger partial charge on any atom is 0.227 e. The number of aromatic nitrogens is 4. The summed E-state index contributed by atoms with van der Waals surface area (Å²) in [5.74, 6) is 2.36. The van der Waals surface area contributed by atoms with Crippen molar-refractivity contribution in [2.24, 2.45) is 0 Å². The highest BCUT2D eigenvalue weighted by Gasteiger charge is 2.21. The Balaban J connectivity index is 1.68. The monoisotopic (exact) mass is 333 g/mol. The smallest absolute Gasteiger partial charge is 0.227 e. The van der Waals surface area contributed by atoms with Gasteiger partial charge in [-0.25, -0.2) is 15.0 Å². The topological polar surface area (TPSA) is 70.1 Å². The summed E-state index contributed by atoms with van der Waals surface area (Å²) in [6, 6.07) is 1.96. The van der Waals surface area contributed by atoms with Crippen molar-refractivity contribution in [1.82, 2.24) is 19.9 Å². The quantitative estimate of drug-likeness (QED) is 0.917. The third-order valence-corrected chi connectivity index (χ3v) is 3.85. The molecule has 3 heterocycles. The molecule has 1 saturated heterocycles. The van der Waals surface area contributed by atoms with Crippen LogP contribution in [0.15, 0.2) is 18.5 Å². The Bertz CT molecular complexity index is 653. The van der Waals surface area contributed by atoms with E-state index in [0.29, 0.717) is 11.0 Å². The molecule has 0 amide bonds. The van der Waals surface area contributed by atoms with Gasteiger partial charge in [-0.2, -0.15) is 4.98 Å². The average Bonchev–Trinajstić information content (AvgIpc) is 2.55. The first kappa shape index (κ1) is 15.7. The molecule has 0 unspecified atom stereocenters. The minimum Gasteiger partial charge on any atom is -0.370 e. The number of hydrogen-bond donors (Lipinski definition) is 1. The van der Waals surface area contributed by atoms with E-state index in [1.54, 1.807) is 12.4 Å². The molecule has 8 heteroatoms. The SMILES string of the molecule is CCNc1cc(C)nc(N2CCN(c3ncc(Cl)cn3)CC2)n1. The average molecular weight is 334 g/mol. The van der Waals surface area contributed by atoms with Crippen molar-refractivity contribution in [3.05, 3.63) is 29.2 Å². The first-order valence-electron chi connectivity index (χ1n) is 7.72. The number of rotatable bonds is 4. The zero-order chi connectivity index (χ0) is 16.2. The number of halogens is 1. The van der Waals surface area contributed by atoms with Crippen molar-refractivity contribution in [3.63, 3.8) is 0 Å². The predicted octanol–water partition coefficient (Wildman–Crippen LogP) is 1.99. The van der Waals surface area contributed by atoms with Crippen LogP contribution in [0, 0.1) is 6.92 Å². The van der Waals surface area contributed by atoms with E-state index in [0.717, 1.165) is 50.2 Å².